The lowest BCUT2D eigenvalue weighted by Gasteiger charge is -2.53. The molecule has 1 amide bonds. The predicted molar refractivity (Wildman–Crippen MR) is 127 cm³/mol. The van der Waals surface area contributed by atoms with Gasteiger partial charge in [0.15, 0.2) is 5.76 Å². The Morgan fingerprint density at radius 3 is 2.53 bits per heavy atom. The monoisotopic (exact) mass is 473 g/mol. The first-order valence-electron chi connectivity index (χ1n) is 10.3. The Hall–Kier alpha value is -2.05. The summed E-state index contributed by atoms with van der Waals surface area (Å²) < 4.78 is 6.41. The summed E-state index contributed by atoms with van der Waals surface area (Å²) >= 11 is 3.49. The summed E-state index contributed by atoms with van der Waals surface area (Å²) in [5.74, 6) is 0.128. The number of carbonyl (C=O) groups is 1. The van der Waals surface area contributed by atoms with Crippen molar-refractivity contribution in [2.75, 3.05) is 14.2 Å². The maximum atomic E-state index is 12.8. The van der Waals surface area contributed by atoms with E-state index in [1.807, 2.05) is 24.3 Å². The molecular formula is C24H32BrN3O2. The predicted octanol–water partition coefficient (Wildman–Crippen LogP) is 5.24. The molecule has 1 aromatic heterocycles. The minimum atomic E-state index is -0.177. The Morgan fingerprint density at radius 1 is 1.23 bits per heavy atom. The summed E-state index contributed by atoms with van der Waals surface area (Å²) in [5.41, 5.74) is 2.07. The number of carbonyl (C=O) groups excluding carboxylic acids is 1. The van der Waals surface area contributed by atoms with Gasteiger partial charge in [-0.15, -0.1) is 0 Å². The van der Waals surface area contributed by atoms with Crippen LogP contribution in [0.25, 0.3) is 17.0 Å². The normalized spacial score (nSPS) is 20.0. The molecule has 0 aliphatic carbocycles. The summed E-state index contributed by atoms with van der Waals surface area (Å²) in [6.45, 7) is 8.90. The van der Waals surface area contributed by atoms with Gasteiger partial charge in [0.25, 0.3) is 5.91 Å². The van der Waals surface area contributed by atoms with E-state index >= 15 is 0 Å². The smallest absolute Gasteiger partial charge is 0.286 e. The van der Waals surface area contributed by atoms with E-state index in [1.165, 1.54) is 7.11 Å². The van der Waals surface area contributed by atoms with E-state index in [9.17, 15) is 4.79 Å². The van der Waals surface area contributed by atoms with Crippen LogP contribution >= 0.6 is 15.9 Å². The molecule has 0 spiro atoms. The Kier molecular flexibility index (Phi) is 6.48. The molecule has 2 heterocycles. The number of rotatable bonds is 5. The summed E-state index contributed by atoms with van der Waals surface area (Å²) in [4.78, 5) is 18.6. The quantitative estimate of drug-likeness (QED) is 0.354. The van der Waals surface area contributed by atoms with Crippen molar-refractivity contribution in [3.8, 4) is 0 Å². The summed E-state index contributed by atoms with van der Waals surface area (Å²) in [6, 6.07) is 8.28. The maximum Gasteiger partial charge on any atom is 0.286 e. The van der Waals surface area contributed by atoms with E-state index in [0.717, 1.165) is 33.9 Å². The second kappa shape index (κ2) is 8.60. The highest BCUT2D eigenvalue weighted by molar-refractivity contribution is 9.10. The SMILES string of the molecule is COC(=CC=Cc1cc2cc(Br)ccc2[nH]1)C(=O)NC1CC(C)(C)N(C)C(C)(C)C1. The largest absolute Gasteiger partial charge is 0.491 e. The number of amides is 1. The number of aromatic amines is 1. The van der Waals surface area contributed by atoms with Crippen molar-refractivity contribution >= 4 is 38.8 Å². The fourth-order valence-corrected chi connectivity index (χ4v) is 4.80. The molecule has 1 aromatic carbocycles. The highest BCUT2D eigenvalue weighted by Crippen LogP contribution is 2.36. The lowest BCUT2D eigenvalue weighted by Crippen LogP contribution is -2.62. The Labute approximate surface area is 187 Å². The van der Waals surface area contributed by atoms with E-state index in [-0.39, 0.29) is 23.0 Å². The van der Waals surface area contributed by atoms with E-state index in [2.05, 4.69) is 78.0 Å². The molecule has 1 fully saturated rings. The first-order chi connectivity index (χ1) is 14.0. The van der Waals surface area contributed by atoms with Crippen LogP contribution in [0.3, 0.4) is 0 Å². The number of halogens is 1. The number of allylic oxidation sites excluding steroid dienone is 2. The molecular weight excluding hydrogens is 442 g/mol. The van der Waals surface area contributed by atoms with Crippen LogP contribution in [0.15, 0.2) is 46.6 Å². The number of nitrogens with one attached hydrogen (secondary N) is 2. The van der Waals surface area contributed by atoms with Crippen molar-refractivity contribution in [2.45, 2.75) is 57.7 Å². The number of piperidine rings is 1. The zero-order valence-corrected chi connectivity index (χ0v) is 20.3. The standard InChI is InChI=1S/C24H32BrN3O2/c1-23(2)14-19(15-24(3,4)28(23)5)27-22(29)21(30-6)9-7-8-18-13-16-12-17(25)10-11-20(16)26-18/h7-13,19,26H,14-15H2,1-6H3,(H,27,29). The first-order valence-corrected chi connectivity index (χ1v) is 11.1. The number of ether oxygens (including phenoxy) is 1. The molecule has 6 heteroatoms. The van der Waals surface area contributed by atoms with Crippen LogP contribution in [0.5, 0.6) is 0 Å². The van der Waals surface area contributed by atoms with Crippen LogP contribution in [0.4, 0.5) is 0 Å². The van der Waals surface area contributed by atoms with Crippen LogP contribution in [0.2, 0.25) is 0 Å². The van der Waals surface area contributed by atoms with Gasteiger partial charge in [0, 0.05) is 38.2 Å². The molecule has 0 radical (unpaired) electrons. The number of fused-ring (bicyclic) bond motifs is 1. The lowest BCUT2D eigenvalue weighted by molar-refractivity contribution is -0.122. The molecule has 0 saturated carbocycles. The highest BCUT2D eigenvalue weighted by atomic mass is 79.9. The van der Waals surface area contributed by atoms with Gasteiger partial charge in [-0.1, -0.05) is 22.0 Å². The van der Waals surface area contributed by atoms with Gasteiger partial charge in [-0.25, -0.2) is 0 Å². The summed E-state index contributed by atoms with van der Waals surface area (Å²) in [5, 5.41) is 4.30. The Balaban J connectivity index is 1.69. The average Bonchev–Trinajstić information content (AvgIpc) is 3.04. The molecule has 3 rings (SSSR count). The molecule has 0 atom stereocenters. The summed E-state index contributed by atoms with van der Waals surface area (Å²) in [6.07, 6.45) is 7.27. The van der Waals surface area contributed by atoms with E-state index in [0.29, 0.717) is 5.76 Å². The third-order valence-corrected chi connectivity index (χ3v) is 6.71. The van der Waals surface area contributed by atoms with Crippen LogP contribution in [-0.2, 0) is 9.53 Å². The maximum absolute atomic E-state index is 12.8. The zero-order chi connectivity index (χ0) is 22.1. The Bertz CT molecular complexity index is 969. The molecule has 0 unspecified atom stereocenters. The van der Waals surface area contributed by atoms with E-state index in [4.69, 9.17) is 4.74 Å². The van der Waals surface area contributed by atoms with Crippen molar-refractivity contribution in [1.82, 2.24) is 15.2 Å². The van der Waals surface area contributed by atoms with Gasteiger partial charge in [-0.3, -0.25) is 9.69 Å². The van der Waals surface area contributed by atoms with Gasteiger partial charge in [0.2, 0.25) is 0 Å². The van der Waals surface area contributed by atoms with Crippen LogP contribution in [0.1, 0.15) is 46.2 Å². The second-order valence-electron chi connectivity index (χ2n) is 9.31. The first kappa shape index (κ1) is 22.6. The van der Waals surface area contributed by atoms with E-state index in [1.54, 1.807) is 6.08 Å². The van der Waals surface area contributed by atoms with Crippen molar-refractivity contribution in [3.05, 3.63) is 52.3 Å². The molecule has 1 saturated heterocycles. The number of nitrogens with zero attached hydrogens (tertiary/aromatic N) is 1. The van der Waals surface area contributed by atoms with Crippen molar-refractivity contribution in [1.29, 1.82) is 0 Å². The number of likely N-dealkylation sites (tertiary alicyclic amines) is 1. The third kappa shape index (κ3) is 4.98. The van der Waals surface area contributed by atoms with Gasteiger partial charge < -0.3 is 15.0 Å². The number of methoxy groups -OCH3 is 1. The topological polar surface area (TPSA) is 57.4 Å². The van der Waals surface area contributed by atoms with Crippen LogP contribution < -0.4 is 5.32 Å². The summed E-state index contributed by atoms with van der Waals surface area (Å²) in [7, 11) is 3.69. The van der Waals surface area contributed by atoms with Crippen molar-refractivity contribution in [2.24, 2.45) is 0 Å². The van der Waals surface area contributed by atoms with E-state index < -0.39 is 0 Å². The number of benzene rings is 1. The van der Waals surface area contributed by atoms with Gasteiger partial charge in [0.05, 0.1) is 7.11 Å². The van der Waals surface area contributed by atoms with Crippen LogP contribution in [-0.4, -0.2) is 47.1 Å². The average molecular weight is 474 g/mol. The van der Waals surface area contributed by atoms with Crippen molar-refractivity contribution in [3.63, 3.8) is 0 Å². The molecule has 30 heavy (non-hydrogen) atoms. The van der Waals surface area contributed by atoms with Crippen molar-refractivity contribution < 1.29 is 9.53 Å². The number of aromatic nitrogens is 1. The Morgan fingerprint density at radius 2 is 1.90 bits per heavy atom. The number of hydrogen-bond acceptors (Lipinski definition) is 3. The highest BCUT2D eigenvalue weighted by Gasteiger charge is 2.43. The second-order valence-corrected chi connectivity index (χ2v) is 10.2. The lowest BCUT2D eigenvalue weighted by atomic mass is 9.77. The van der Waals surface area contributed by atoms with Gasteiger partial charge >= 0.3 is 0 Å². The molecule has 1 aliphatic heterocycles. The van der Waals surface area contributed by atoms with Gasteiger partial charge in [0.1, 0.15) is 0 Å². The molecule has 2 aromatic rings. The minimum Gasteiger partial charge on any atom is -0.491 e. The fraction of sp³-hybridized carbons (Fsp3) is 0.458. The zero-order valence-electron chi connectivity index (χ0n) is 18.7. The fourth-order valence-electron chi connectivity index (χ4n) is 4.42. The number of H-pyrrole nitrogens is 1. The molecule has 0 bridgehead atoms. The van der Waals surface area contributed by atoms with Gasteiger partial charge in [-0.2, -0.15) is 0 Å². The molecule has 162 valence electrons. The molecule has 1 aliphatic rings. The molecule has 2 N–H and O–H groups in total. The van der Waals surface area contributed by atoms with Crippen LogP contribution in [0, 0.1) is 0 Å². The minimum absolute atomic E-state index is 0.0150. The number of hydrogen-bond donors (Lipinski definition) is 2. The molecule has 5 nitrogen and oxygen atoms in total. The van der Waals surface area contributed by atoms with Gasteiger partial charge in [-0.05, 0) is 84.0 Å². The third-order valence-electron chi connectivity index (χ3n) is 6.21.